The highest BCUT2D eigenvalue weighted by Gasteiger charge is 2.37. The molecule has 0 saturated carbocycles. The van der Waals surface area contributed by atoms with E-state index in [1.807, 2.05) is 72.5 Å². The van der Waals surface area contributed by atoms with Gasteiger partial charge in [0.1, 0.15) is 18.0 Å². The molecule has 1 amide bonds. The summed E-state index contributed by atoms with van der Waals surface area (Å²) >= 11 is 0. The zero-order chi connectivity index (χ0) is 27.0. The Morgan fingerprint density at radius 3 is 2.61 bits per heavy atom. The first-order valence-electron chi connectivity index (χ1n) is 13.0. The summed E-state index contributed by atoms with van der Waals surface area (Å²) in [6, 6.07) is 15.3. The van der Waals surface area contributed by atoms with Crippen LogP contribution in [0, 0.1) is 6.92 Å². The molecule has 1 N–H and O–H groups in total. The Kier molecular flexibility index (Phi) is 9.25. The first-order chi connectivity index (χ1) is 18.3. The van der Waals surface area contributed by atoms with Crippen LogP contribution in [0.5, 0.6) is 17.2 Å². The largest absolute Gasteiger partial charge is 0.493 e. The quantitative estimate of drug-likeness (QED) is 0.387. The number of aromatic nitrogens is 2. The second kappa shape index (κ2) is 12.8. The number of ether oxygens (including phenoxy) is 3. The van der Waals surface area contributed by atoms with Gasteiger partial charge in [-0.25, -0.2) is 0 Å². The Morgan fingerprint density at radius 1 is 1.08 bits per heavy atom. The summed E-state index contributed by atoms with van der Waals surface area (Å²) in [6.45, 7) is 7.35. The van der Waals surface area contributed by atoms with Gasteiger partial charge in [0.15, 0.2) is 11.5 Å². The maximum absolute atomic E-state index is 12.2. The van der Waals surface area contributed by atoms with Crippen molar-refractivity contribution in [2.24, 2.45) is 0 Å². The minimum atomic E-state index is -1.21. The van der Waals surface area contributed by atoms with Crippen molar-refractivity contribution in [3.8, 4) is 17.2 Å². The second-order valence-electron chi connectivity index (χ2n) is 9.95. The van der Waals surface area contributed by atoms with E-state index in [0.717, 1.165) is 24.1 Å². The van der Waals surface area contributed by atoms with Crippen LogP contribution in [0.1, 0.15) is 24.5 Å². The van der Waals surface area contributed by atoms with Gasteiger partial charge in [0.2, 0.25) is 5.91 Å². The Morgan fingerprint density at radius 2 is 1.89 bits per heavy atom. The molecule has 9 nitrogen and oxygen atoms in total. The van der Waals surface area contributed by atoms with E-state index in [-0.39, 0.29) is 19.1 Å². The topological polar surface area (TPSA) is 89.3 Å². The standard InChI is InChI=1S/C29H38N4O5/c1-23-17-30-33(18-23)12-7-15-37-27-11-10-25(16-28(27)36-3)19-31-13-14-32(24(2)34)21-29(35,20-31)22-38-26-8-5-4-6-9-26/h4-6,8-11,16-18,35H,7,12-15,19-22H2,1-3H3/t29-/m1/s1. The number of rotatable bonds is 11. The van der Waals surface area contributed by atoms with Crippen LogP contribution >= 0.6 is 0 Å². The summed E-state index contributed by atoms with van der Waals surface area (Å²) in [5, 5.41) is 15.8. The summed E-state index contributed by atoms with van der Waals surface area (Å²) < 4.78 is 19.4. The number of para-hydroxylation sites is 1. The van der Waals surface area contributed by atoms with E-state index in [1.165, 1.54) is 6.92 Å². The van der Waals surface area contributed by atoms with Crippen LogP contribution in [-0.2, 0) is 17.9 Å². The average Bonchev–Trinajstić information content (AvgIpc) is 3.25. The number of β-amino-alcohol motifs (C(OH)–C–C–N with tert-alkyl or cyclic N) is 1. The van der Waals surface area contributed by atoms with E-state index < -0.39 is 5.60 Å². The van der Waals surface area contributed by atoms with Crippen LogP contribution in [0.25, 0.3) is 0 Å². The SMILES string of the molecule is COc1cc(CN2CCN(C(C)=O)C[C@@](O)(COc3ccccc3)C2)ccc1OCCCn1cc(C)cn1. The molecule has 2 aromatic carbocycles. The fourth-order valence-corrected chi connectivity index (χ4v) is 4.66. The molecule has 1 saturated heterocycles. The van der Waals surface area contributed by atoms with E-state index in [1.54, 1.807) is 12.0 Å². The van der Waals surface area contributed by atoms with E-state index in [4.69, 9.17) is 14.2 Å². The van der Waals surface area contributed by atoms with E-state index in [9.17, 15) is 9.90 Å². The fraction of sp³-hybridized carbons (Fsp3) is 0.448. The van der Waals surface area contributed by atoms with Crippen LogP contribution in [0.2, 0.25) is 0 Å². The van der Waals surface area contributed by atoms with Crippen molar-refractivity contribution in [2.45, 2.75) is 39.0 Å². The maximum Gasteiger partial charge on any atom is 0.219 e. The number of methoxy groups -OCH3 is 1. The molecule has 2 heterocycles. The number of aryl methyl sites for hydroxylation is 2. The average molecular weight is 523 g/mol. The molecule has 9 heteroatoms. The van der Waals surface area contributed by atoms with Gasteiger partial charge >= 0.3 is 0 Å². The number of nitrogens with zero attached hydrogens (tertiary/aromatic N) is 4. The molecule has 1 aliphatic heterocycles. The molecule has 3 aromatic rings. The van der Waals surface area contributed by atoms with Gasteiger partial charge in [0, 0.05) is 52.3 Å². The molecule has 38 heavy (non-hydrogen) atoms. The maximum atomic E-state index is 12.2. The van der Waals surface area contributed by atoms with Gasteiger partial charge in [-0.05, 0) is 42.3 Å². The van der Waals surface area contributed by atoms with Gasteiger partial charge in [-0.2, -0.15) is 5.10 Å². The van der Waals surface area contributed by atoms with Crippen molar-refractivity contribution < 1.29 is 24.1 Å². The normalized spacial score (nSPS) is 18.2. The van der Waals surface area contributed by atoms with Crippen molar-refractivity contribution in [1.82, 2.24) is 19.6 Å². The molecule has 204 valence electrons. The minimum Gasteiger partial charge on any atom is -0.493 e. The predicted octanol–water partition coefficient (Wildman–Crippen LogP) is 3.14. The fourth-order valence-electron chi connectivity index (χ4n) is 4.66. The van der Waals surface area contributed by atoms with E-state index in [0.29, 0.717) is 50.0 Å². The molecule has 0 spiro atoms. The molecular weight excluding hydrogens is 484 g/mol. The molecule has 0 bridgehead atoms. The number of carbonyl (C=O) groups is 1. The number of aliphatic hydroxyl groups is 1. The molecule has 1 atom stereocenters. The van der Waals surface area contributed by atoms with Crippen molar-refractivity contribution in [2.75, 3.05) is 46.5 Å². The third-order valence-corrected chi connectivity index (χ3v) is 6.57. The first-order valence-corrected chi connectivity index (χ1v) is 13.0. The number of hydrogen-bond acceptors (Lipinski definition) is 7. The van der Waals surface area contributed by atoms with Crippen LogP contribution in [0.4, 0.5) is 0 Å². The third-order valence-electron chi connectivity index (χ3n) is 6.57. The Balaban J connectivity index is 1.38. The zero-order valence-electron chi connectivity index (χ0n) is 22.5. The van der Waals surface area contributed by atoms with Crippen LogP contribution in [0.3, 0.4) is 0 Å². The number of carbonyl (C=O) groups excluding carboxylic acids is 1. The molecule has 1 aliphatic rings. The van der Waals surface area contributed by atoms with Crippen molar-refractivity contribution in [3.05, 3.63) is 72.1 Å². The lowest BCUT2D eigenvalue weighted by Gasteiger charge is -2.32. The lowest BCUT2D eigenvalue weighted by molar-refractivity contribution is -0.132. The smallest absolute Gasteiger partial charge is 0.219 e. The molecule has 1 aromatic heterocycles. The van der Waals surface area contributed by atoms with Gasteiger partial charge in [0.05, 0.1) is 26.5 Å². The van der Waals surface area contributed by atoms with Gasteiger partial charge in [-0.3, -0.25) is 14.4 Å². The van der Waals surface area contributed by atoms with Gasteiger partial charge in [-0.1, -0.05) is 24.3 Å². The summed E-state index contributed by atoms with van der Waals surface area (Å²) in [4.78, 5) is 16.1. The Bertz CT molecular complexity index is 1180. The lowest BCUT2D eigenvalue weighted by Crippen LogP contribution is -2.51. The lowest BCUT2D eigenvalue weighted by atomic mass is 10.0. The Hall–Kier alpha value is -3.56. The van der Waals surface area contributed by atoms with Crippen LogP contribution in [-0.4, -0.2) is 82.7 Å². The molecule has 4 rings (SSSR count). The van der Waals surface area contributed by atoms with Crippen molar-refractivity contribution in [1.29, 1.82) is 0 Å². The summed E-state index contributed by atoms with van der Waals surface area (Å²) in [7, 11) is 1.63. The second-order valence-corrected chi connectivity index (χ2v) is 9.95. The number of amides is 1. The van der Waals surface area contributed by atoms with Gasteiger partial charge in [-0.15, -0.1) is 0 Å². The number of benzene rings is 2. The van der Waals surface area contributed by atoms with Gasteiger partial charge < -0.3 is 24.2 Å². The van der Waals surface area contributed by atoms with E-state index in [2.05, 4.69) is 10.00 Å². The highest BCUT2D eigenvalue weighted by atomic mass is 16.5. The summed E-state index contributed by atoms with van der Waals surface area (Å²) in [5.41, 5.74) is 0.964. The molecule has 1 fully saturated rings. The van der Waals surface area contributed by atoms with Crippen molar-refractivity contribution >= 4 is 5.91 Å². The van der Waals surface area contributed by atoms with Crippen LogP contribution in [0.15, 0.2) is 60.9 Å². The first kappa shape index (κ1) is 27.5. The molecule has 0 radical (unpaired) electrons. The minimum absolute atomic E-state index is 0.0594. The highest BCUT2D eigenvalue weighted by molar-refractivity contribution is 5.73. The Labute approximate surface area is 224 Å². The predicted molar refractivity (Wildman–Crippen MR) is 144 cm³/mol. The monoisotopic (exact) mass is 522 g/mol. The third kappa shape index (κ3) is 7.72. The zero-order valence-corrected chi connectivity index (χ0v) is 22.5. The number of hydrogen-bond donors (Lipinski definition) is 1. The molecule has 0 aliphatic carbocycles. The van der Waals surface area contributed by atoms with Gasteiger partial charge in [0.25, 0.3) is 0 Å². The van der Waals surface area contributed by atoms with E-state index >= 15 is 0 Å². The van der Waals surface area contributed by atoms with Crippen LogP contribution < -0.4 is 14.2 Å². The molecular formula is C29H38N4O5. The highest BCUT2D eigenvalue weighted by Crippen LogP contribution is 2.29. The van der Waals surface area contributed by atoms with Crippen molar-refractivity contribution in [3.63, 3.8) is 0 Å². The summed E-state index contributed by atoms with van der Waals surface area (Å²) in [5.74, 6) is 1.99. The molecule has 0 unspecified atom stereocenters. The summed E-state index contributed by atoms with van der Waals surface area (Å²) in [6.07, 6.45) is 4.69.